The number of H-pyrrole nitrogens is 1. The minimum Gasteiger partial charge on any atom is -0.236 e. The van der Waals surface area contributed by atoms with Crippen LogP contribution >= 0.6 is 0 Å². The average molecular weight is 538 g/mol. The van der Waals surface area contributed by atoms with Crippen LogP contribution in [0.5, 0.6) is 0 Å². The summed E-state index contributed by atoms with van der Waals surface area (Å²) < 4.78 is 2.24. The van der Waals surface area contributed by atoms with Crippen LogP contribution in [0.15, 0.2) is 152 Å². The Morgan fingerprint density at radius 2 is 0.881 bits per heavy atom. The molecule has 1 heterocycles. The third-order valence-electron chi connectivity index (χ3n) is 8.48. The quantitative estimate of drug-likeness (QED) is 0.170. The number of nitrogens with one attached hydrogen (secondary N) is 1. The number of benzene rings is 7. The van der Waals surface area contributed by atoms with Crippen molar-refractivity contribution in [3.8, 4) is 44.8 Å². The molecule has 0 radical (unpaired) electrons. The van der Waals surface area contributed by atoms with E-state index in [1.54, 1.807) is 0 Å². The van der Waals surface area contributed by atoms with E-state index < -0.39 is 0 Å². The maximum Gasteiger partial charge on any atom is 0.287 e. The average Bonchev–Trinajstić information content (AvgIpc) is 3.40. The minimum absolute atomic E-state index is 1.10. The first-order valence-corrected chi connectivity index (χ1v) is 14.4. The molecule has 0 bridgehead atoms. The summed E-state index contributed by atoms with van der Waals surface area (Å²) in [5, 5.41) is 5.07. The van der Waals surface area contributed by atoms with E-state index in [4.69, 9.17) is 0 Å². The zero-order chi connectivity index (χ0) is 28.0. The lowest BCUT2D eigenvalue weighted by Gasteiger charge is -2.18. The van der Waals surface area contributed by atoms with Crippen LogP contribution in [-0.2, 0) is 7.05 Å². The van der Waals surface area contributed by atoms with Crippen molar-refractivity contribution in [3.63, 3.8) is 0 Å². The van der Waals surface area contributed by atoms with Crippen LogP contribution in [0.25, 0.3) is 77.3 Å². The molecule has 1 aromatic heterocycles. The molecule has 0 fully saturated rings. The second-order valence-electron chi connectivity index (χ2n) is 10.9. The lowest BCUT2D eigenvalue weighted by molar-refractivity contribution is -0.633. The van der Waals surface area contributed by atoms with E-state index in [0.717, 1.165) is 11.3 Å². The third-order valence-corrected chi connectivity index (χ3v) is 8.48. The van der Waals surface area contributed by atoms with Gasteiger partial charge in [-0.05, 0) is 91.3 Å². The van der Waals surface area contributed by atoms with Crippen LogP contribution in [0, 0.1) is 0 Å². The summed E-state index contributed by atoms with van der Waals surface area (Å²) in [6.45, 7) is 0. The van der Waals surface area contributed by atoms with Crippen LogP contribution in [0.1, 0.15) is 0 Å². The molecule has 7 aromatic carbocycles. The van der Waals surface area contributed by atoms with E-state index in [9.17, 15) is 0 Å². The normalized spacial score (nSPS) is 11.5. The highest BCUT2D eigenvalue weighted by Gasteiger charge is 2.20. The third kappa shape index (κ3) is 3.92. The number of imidazole rings is 1. The molecule has 0 aliphatic rings. The van der Waals surface area contributed by atoms with Gasteiger partial charge in [0.25, 0.3) is 5.82 Å². The van der Waals surface area contributed by atoms with Crippen molar-refractivity contribution >= 4 is 32.6 Å². The topological polar surface area (TPSA) is 19.7 Å². The SMILES string of the molecule is C[n+]1c(-c2ccccc2)[nH]c2cc(-c3ccc4c(-c5ccccc5)c5ccccc5c(-c5ccccc5)c4c3)ccc21. The number of aryl methyl sites for hydroxylation is 1. The van der Waals surface area contributed by atoms with Crippen LogP contribution in [0.4, 0.5) is 0 Å². The van der Waals surface area contributed by atoms with Gasteiger partial charge in [0.15, 0.2) is 11.0 Å². The van der Waals surface area contributed by atoms with Crippen LogP contribution in [-0.4, -0.2) is 4.98 Å². The van der Waals surface area contributed by atoms with Crippen LogP contribution in [0.3, 0.4) is 0 Å². The van der Waals surface area contributed by atoms with E-state index in [1.807, 2.05) is 0 Å². The summed E-state index contributed by atoms with van der Waals surface area (Å²) in [7, 11) is 2.12. The molecular formula is C40H29N2+. The molecule has 0 saturated carbocycles. The van der Waals surface area contributed by atoms with E-state index in [-0.39, 0.29) is 0 Å². The van der Waals surface area contributed by atoms with Crippen LogP contribution < -0.4 is 4.57 Å². The van der Waals surface area contributed by atoms with E-state index in [1.165, 1.54) is 66.0 Å². The molecule has 0 saturated heterocycles. The van der Waals surface area contributed by atoms with Crippen LogP contribution in [0.2, 0.25) is 0 Å². The molecule has 8 rings (SSSR count). The fourth-order valence-electron chi connectivity index (χ4n) is 6.49. The van der Waals surface area contributed by atoms with Gasteiger partial charge in [0.2, 0.25) is 0 Å². The van der Waals surface area contributed by atoms with Gasteiger partial charge in [-0.15, -0.1) is 0 Å². The largest absolute Gasteiger partial charge is 0.287 e. The van der Waals surface area contributed by atoms with Crippen molar-refractivity contribution in [2.24, 2.45) is 7.05 Å². The summed E-state index contributed by atoms with van der Waals surface area (Å²) >= 11 is 0. The predicted octanol–water partition coefficient (Wildman–Crippen LogP) is 9.97. The Hall–Kier alpha value is -5.47. The standard InChI is InChI=1S/C40H28N2/c1-42-37-24-22-31(26-36(37)41-40(42)29-17-9-4-10-18-29)30-21-23-34-35(25-30)39(28-15-7-3-8-16-28)33-20-12-11-19-32(33)38(34)27-13-5-2-6-14-27/h2-26H,1H3/p+1. The van der Waals surface area contributed by atoms with E-state index in [2.05, 4.69) is 168 Å². The highest BCUT2D eigenvalue weighted by atomic mass is 15.1. The Kier molecular flexibility index (Phi) is 5.72. The highest BCUT2D eigenvalue weighted by molar-refractivity contribution is 6.22. The van der Waals surface area contributed by atoms with Gasteiger partial charge in [0.05, 0.1) is 12.6 Å². The lowest BCUT2D eigenvalue weighted by atomic mass is 9.85. The minimum atomic E-state index is 1.10. The zero-order valence-corrected chi connectivity index (χ0v) is 23.4. The van der Waals surface area contributed by atoms with E-state index in [0.29, 0.717) is 0 Å². The molecule has 2 heteroatoms. The molecule has 0 aliphatic heterocycles. The number of rotatable bonds is 4. The maximum absolute atomic E-state index is 3.68. The number of aromatic nitrogens is 2. The Bertz CT molecular complexity index is 2230. The summed E-state index contributed by atoms with van der Waals surface area (Å²) in [6, 6.07) is 54.7. The fourth-order valence-corrected chi connectivity index (χ4v) is 6.49. The molecule has 0 unspecified atom stereocenters. The second kappa shape index (κ2) is 9.87. The van der Waals surface area contributed by atoms with Gasteiger partial charge in [-0.25, -0.2) is 9.55 Å². The van der Waals surface area contributed by atoms with Gasteiger partial charge < -0.3 is 0 Å². The van der Waals surface area contributed by atoms with Crippen molar-refractivity contribution in [1.82, 2.24) is 4.98 Å². The molecule has 0 spiro atoms. The van der Waals surface area contributed by atoms with E-state index >= 15 is 0 Å². The summed E-state index contributed by atoms with van der Waals surface area (Å²) in [4.78, 5) is 3.68. The molecule has 0 aliphatic carbocycles. The Morgan fingerprint density at radius 1 is 0.405 bits per heavy atom. The monoisotopic (exact) mass is 537 g/mol. The number of fused-ring (bicyclic) bond motifs is 3. The molecular weight excluding hydrogens is 508 g/mol. The molecule has 198 valence electrons. The highest BCUT2D eigenvalue weighted by Crippen LogP contribution is 2.44. The Labute approximate surface area is 245 Å². The smallest absolute Gasteiger partial charge is 0.236 e. The molecule has 42 heavy (non-hydrogen) atoms. The Morgan fingerprint density at radius 3 is 1.50 bits per heavy atom. The lowest BCUT2D eigenvalue weighted by Crippen LogP contribution is -2.28. The van der Waals surface area contributed by atoms with Crippen molar-refractivity contribution in [1.29, 1.82) is 0 Å². The maximum atomic E-state index is 3.68. The van der Waals surface area contributed by atoms with Gasteiger partial charge in [-0.1, -0.05) is 115 Å². The second-order valence-corrected chi connectivity index (χ2v) is 10.9. The van der Waals surface area contributed by atoms with Gasteiger partial charge in [0.1, 0.15) is 0 Å². The number of hydrogen-bond donors (Lipinski definition) is 1. The molecule has 1 N–H and O–H groups in total. The fraction of sp³-hybridized carbons (Fsp3) is 0.0250. The van der Waals surface area contributed by atoms with Crippen molar-refractivity contribution in [2.75, 3.05) is 0 Å². The predicted molar refractivity (Wildman–Crippen MR) is 176 cm³/mol. The molecule has 2 nitrogen and oxygen atoms in total. The van der Waals surface area contributed by atoms with Gasteiger partial charge in [-0.2, -0.15) is 0 Å². The van der Waals surface area contributed by atoms with Gasteiger partial charge in [0, 0.05) is 0 Å². The van der Waals surface area contributed by atoms with Gasteiger partial charge >= 0.3 is 0 Å². The number of nitrogens with zero attached hydrogens (tertiary/aromatic N) is 1. The van der Waals surface area contributed by atoms with Crippen molar-refractivity contribution in [2.45, 2.75) is 0 Å². The first kappa shape index (κ1) is 24.3. The molecule has 0 amide bonds. The summed E-state index contributed by atoms with van der Waals surface area (Å²) in [5.41, 5.74) is 10.9. The van der Waals surface area contributed by atoms with Crippen molar-refractivity contribution < 1.29 is 4.57 Å². The number of hydrogen-bond acceptors (Lipinski definition) is 0. The molecule has 0 atom stereocenters. The van der Waals surface area contributed by atoms with Gasteiger partial charge in [-0.3, -0.25) is 0 Å². The number of aromatic amines is 1. The van der Waals surface area contributed by atoms with Crippen molar-refractivity contribution in [3.05, 3.63) is 152 Å². The zero-order valence-electron chi connectivity index (χ0n) is 23.4. The Balaban J connectivity index is 1.40. The summed E-state index contributed by atoms with van der Waals surface area (Å²) in [5.74, 6) is 1.10. The summed E-state index contributed by atoms with van der Waals surface area (Å²) in [6.07, 6.45) is 0. The first-order valence-electron chi connectivity index (χ1n) is 14.4. The first-order chi connectivity index (χ1) is 20.8. The molecule has 8 aromatic rings.